The standard InChI is InChI=1S/C19H29N3O2/c1-15-5-2-6-16(11-15)20-19(24)13-22-10-3-7-17(22)12-21-9-4-8-18(21)14-23/h2,5-6,11,17-18,23H,3-4,7-10,12-14H2,1H3,(H,20,24). The van der Waals surface area contributed by atoms with Crippen molar-refractivity contribution >= 4 is 11.6 Å². The zero-order chi connectivity index (χ0) is 16.9. The van der Waals surface area contributed by atoms with Crippen LogP contribution in [-0.2, 0) is 4.79 Å². The van der Waals surface area contributed by atoms with E-state index in [1.165, 1.54) is 6.42 Å². The molecule has 1 aromatic rings. The number of aliphatic hydroxyl groups excluding tert-OH is 1. The number of rotatable bonds is 6. The number of nitrogens with zero attached hydrogens (tertiary/aromatic N) is 2. The molecular weight excluding hydrogens is 302 g/mol. The van der Waals surface area contributed by atoms with E-state index in [1.807, 2.05) is 31.2 Å². The Balaban J connectivity index is 1.52. The van der Waals surface area contributed by atoms with E-state index in [9.17, 15) is 9.90 Å². The zero-order valence-corrected chi connectivity index (χ0v) is 14.6. The van der Waals surface area contributed by atoms with Gasteiger partial charge in [0.2, 0.25) is 5.91 Å². The molecule has 132 valence electrons. The number of hydrogen-bond acceptors (Lipinski definition) is 4. The molecule has 2 heterocycles. The Hall–Kier alpha value is -1.43. The molecule has 2 fully saturated rings. The number of anilines is 1. The van der Waals surface area contributed by atoms with Gasteiger partial charge in [0, 0.05) is 24.3 Å². The van der Waals surface area contributed by atoms with Gasteiger partial charge in [-0.3, -0.25) is 14.6 Å². The van der Waals surface area contributed by atoms with Crippen LogP contribution in [0.25, 0.3) is 0 Å². The number of nitrogens with one attached hydrogen (secondary N) is 1. The van der Waals surface area contributed by atoms with E-state index >= 15 is 0 Å². The van der Waals surface area contributed by atoms with Gasteiger partial charge in [0.05, 0.1) is 13.2 Å². The molecule has 0 radical (unpaired) electrons. The van der Waals surface area contributed by atoms with E-state index in [1.54, 1.807) is 0 Å². The third-order valence-corrected chi connectivity index (χ3v) is 5.30. The van der Waals surface area contributed by atoms with Gasteiger partial charge in [-0.25, -0.2) is 0 Å². The summed E-state index contributed by atoms with van der Waals surface area (Å²) in [6.07, 6.45) is 4.56. The van der Waals surface area contributed by atoms with Crippen molar-refractivity contribution in [3.63, 3.8) is 0 Å². The summed E-state index contributed by atoms with van der Waals surface area (Å²) < 4.78 is 0. The third-order valence-electron chi connectivity index (χ3n) is 5.30. The number of likely N-dealkylation sites (tertiary alicyclic amines) is 2. The zero-order valence-electron chi connectivity index (χ0n) is 14.6. The van der Waals surface area contributed by atoms with Gasteiger partial charge in [-0.2, -0.15) is 0 Å². The van der Waals surface area contributed by atoms with Crippen LogP contribution in [0.15, 0.2) is 24.3 Å². The summed E-state index contributed by atoms with van der Waals surface area (Å²) in [5.41, 5.74) is 2.02. The van der Waals surface area contributed by atoms with E-state index in [4.69, 9.17) is 0 Å². The first-order chi connectivity index (χ1) is 11.7. The highest BCUT2D eigenvalue weighted by molar-refractivity contribution is 5.92. The molecule has 0 spiro atoms. The maximum absolute atomic E-state index is 12.4. The quantitative estimate of drug-likeness (QED) is 0.835. The minimum absolute atomic E-state index is 0.0626. The van der Waals surface area contributed by atoms with Gasteiger partial charge in [-0.05, 0) is 63.4 Å². The van der Waals surface area contributed by atoms with Crippen molar-refractivity contribution in [1.82, 2.24) is 9.80 Å². The Morgan fingerprint density at radius 1 is 1.21 bits per heavy atom. The largest absolute Gasteiger partial charge is 0.395 e. The number of benzene rings is 1. The molecule has 0 bridgehead atoms. The fourth-order valence-electron chi connectivity index (χ4n) is 4.03. The Bertz CT molecular complexity index is 563. The van der Waals surface area contributed by atoms with E-state index in [2.05, 4.69) is 15.1 Å². The Morgan fingerprint density at radius 3 is 2.71 bits per heavy atom. The van der Waals surface area contributed by atoms with Gasteiger partial charge < -0.3 is 10.4 Å². The lowest BCUT2D eigenvalue weighted by molar-refractivity contribution is -0.117. The molecule has 24 heavy (non-hydrogen) atoms. The maximum atomic E-state index is 12.4. The molecular formula is C19H29N3O2. The molecule has 5 nitrogen and oxygen atoms in total. The van der Waals surface area contributed by atoms with E-state index in [-0.39, 0.29) is 12.5 Å². The van der Waals surface area contributed by atoms with Crippen LogP contribution in [0.1, 0.15) is 31.2 Å². The summed E-state index contributed by atoms with van der Waals surface area (Å²) in [5.74, 6) is 0.0626. The molecule has 1 aromatic carbocycles. The average Bonchev–Trinajstić information content (AvgIpc) is 3.17. The molecule has 2 saturated heterocycles. The van der Waals surface area contributed by atoms with Crippen molar-refractivity contribution in [1.29, 1.82) is 0 Å². The van der Waals surface area contributed by atoms with Crippen molar-refractivity contribution < 1.29 is 9.90 Å². The van der Waals surface area contributed by atoms with Gasteiger partial charge in [-0.1, -0.05) is 12.1 Å². The van der Waals surface area contributed by atoms with Crippen molar-refractivity contribution in [2.24, 2.45) is 0 Å². The molecule has 3 rings (SSSR count). The highest BCUT2D eigenvalue weighted by Gasteiger charge is 2.31. The Morgan fingerprint density at radius 2 is 1.96 bits per heavy atom. The number of aryl methyl sites for hydroxylation is 1. The second-order valence-corrected chi connectivity index (χ2v) is 7.16. The van der Waals surface area contributed by atoms with Crippen LogP contribution in [0, 0.1) is 6.92 Å². The van der Waals surface area contributed by atoms with Gasteiger partial charge in [0.1, 0.15) is 0 Å². The lowest BCUT2D eigenvalue weighted by Gasteiger charge is -2.31. The predicted octanol–water partition coefficient (Wildman–Crippen LogP) is 1.85. The molecule has 2 N–H and O–H groups in total. The lowest BCUT2D eigenvalue weighted by atomic mass is 10.2. The molecule has 0 aliphatic carbocycles. The summed E-state index contributed by atoms with van der Waals surface area (Å²) in [5, 5.41) is 12.5. The minimum Gasteiger partial charge on any atom is -0.395 e. The highest BCUT2D eigenvalue weighted by atomic mass is 16.3. The first-order valence-corrected chi connectivity index (χ1v) is 9.11. The third kappa shape index (κ3) is 4.35. The van der Waals surface area contributed by atoms with E-state index in [0.29, 0.717) is 18.6 Å². The lowest BCUT2D eigenvalue weighted by Crippen LogP contribution is -2.45. The number of carbonyl (C=O) groups excluding carboxylic acids is 1. The van der Waals surface area contributed by atoms with Crippen LogP contribution >= 0.6 is 0 Å². The van der Waals surface area contributed by atoms with Crippen molar-refractivity contribution in [2.45, 2.75) is 44.7 Å². The van der Waals surface area contributed by atoms with Crippen LogP contribution in [0.4, 0.5) is 5.69 Å². The predicted molar refractivity (Wildman–Crippen MR) is 96.1 cm³/mol. The van der Waals surface area contributed by atoms with E-state index < -0.39 is 0 Å². The topological polar surface area (TPSA) is 55.8 Å². The van der Waals surface area contributed by atoms with Crippen LogP contribution in [0.3, 0.4) is 0 Å². The van der Waals surface area contributed by atoms with E-state index in [0.717, 1.165) is 50.1 Å². The van der Waals surface area contributed by atoms with Crippen LogP contribution in [-0.4, -0.2) is 65.7 Å². The summed E-state index contributed by atoms with van der Waals surface area (Å²) in [6.45, 7) is 5.77. The maximum Gasteiger partial charge on any atom is 0.238 e. The SMILES string of the molecule is Cc1cccc(NC(=O)CN2CCCC2CN2CCCC2CO)c1. The fourth-order valence-corrected chi connectivity index (χ4v) is 4.03. The molecule has 2 aliphatic rings. The smallest absolute Gasteiger partial charge is 0.238 e. The van der Waals surface area contributed by atoms with Crippen LogP contribution in [0.5, 0.6) is 0 Å². The molecule has 2 atom stereocenters. The second kappa shape index (κ2) is 8.10. The van der Waals surface area contributed by atoms with Gasteiger partial charge >= 0.3 is 0 Å². The van der Waals surface area contributed by atoms with Gasteiger partial charge in [-0.15, -0.1) is 0 Å². The fraction of sp³-hybridized carbons (Fsp3) is 0.632. The van der Waals surface area contributed by atoms with Gasteiger partial charge in [0.25, 0.3) is 0 Å². The summed E-state index contributed by atoms with van der Waals surface area (Å²) in [6, 6.07) is 8.66. The Labute approximate surface area is 144 Å². The normalized spacial score (nSPS) is 25.2. The van der Waals surface area contributed by atoms with Crippen LogP contribution in [0.2, 0.25) is 0 Å². The first-order valence-electron chi connectivity index (χ1n) is 9.11. The van der Waals surface area contributed by atoms with Gasteiger partial charge in [0.15, 0.2) is 0 Å². The summed E-state index contributed by atoms with van der Waals surface area (Å²) in [7, 11) is 0. The molecule has 2 unspecified atom stereocenters. The minimum atomic E-state index is 0.0626. The number of amides is 1. The Kier molecular flexibility index (Phi) is 5.87. The monoisotopic (exact) mass is 331 g/mol. The number of aliphatic hydroxyl groups is 1. The molecule has 0 saturated carbocycles. The second-order valence-electron chi connectivity index (χ2n) is 7.16. The van der Waals surface area contributed by atoms with Crippen molar-refractivity contribution in [3.8, 4) is 0 Å². The molecule has 5 heteroatoms. The molecule has 1 amide bonds. The van der Waals surface area contributed by atoms with Crippen molar-refractivity contribution in [3.05, 3.63) is 29.8 Å². The average molecular weight is 331 g/mol. The molecule has 2 aliphatic heterocycles. The van der Waals surface area contributed by atoms with Crippen molar-refractivity contribution in [2.75, 3.05) is 38.1 Å². The summed E-state index contributed by atoms with van der Waals surface area (Å²) in [4.78, 5) is 17.1. The highest BCUT2D eigenvalue weighted by Crippen LogP contribution is 2.23. The molecule has 0 aromatic heterocycles. The summed E-state index contributed by atoms with van der Waals surface area (Å²) >= 11 is 0. The number of carbonyl (C=O) groups is 1. The van der Waals surface area contributed by atoms with Crippen LogP contribution < -0.4 is 5.32 Å². The first kappa shape index (κ1) is 17.4. The number of hydrogen-bond donors (Lipinski definition) is 2.